The molecule has 0 saturated carbocycles. The Kier molecular flexibility index (Phi) is 3.75. The molecule has 1 saturated heterocycles. The zero-order valence-electron chi connectivity index (χ0n) is 10.8. The van der Waals surface area contributed by atoms with Gasteiger partial charge in [0.25, 0.3) is 0 Å². The van der Waals surface area contributed by atoms with Crippen molar-refractivity contribution in [3.8, 4) is 0 Å². The summed E-state index contributed by atoms with van der Waals surface area (Å²) >= 11 is 0. The summed E-state index contributed by atoms with van der Waals surface area (Å²) < 4.78 is 22.8. The average molecular weight is 268 g/mol. The lowest BCUT2D eigenvalue weighted by Crippen LogP contribution is -2.20. The van der Waals surface area contributed by atoms with E-state index in [-0.39, 0.29) is 0 Å². The summed E-state index contributed by atoms with van der Waals surface area (Å²) in [5.74, 6) is 0.537. The van der Waals surface area contributed by atoms with Gasteiger partial charge in [0, 0.05) is 18.8 Å². The fourth-order valence-electron chi connectivity index (χ4n) is 2.60. The monoisotopic (exact) mass is 268 g/mol. The van der Waals surface area contributed by atoms with Crippen molar-refractivity contribution >= 4 is 9.84 Å². The molecular formula is C13H20N2O2S. The molecule has 2 rings (SSSR count). The molecule has 5 heteroatoms. The van der Waals surface area contributed by atoms with Crippen LogP contribution in [0, 0.1) is 5.92 Å². The third kappa shape index (κ3) is 2.74. The molecule has 1 aliphatic rings. The van der Waals surface area contributed by atoms with E-state index in [1.54, 1.807) is 12.1 Å². The molecule has 0 aromatic heterocycles. The van der Waals surface area contributed by atoms with Crippen molar-refractivity contribution in [1.29, 1.82) is 0 Å². The Hall–Kier alpha value is -0.910. The standard InChI is InChI=1S/C13H20N2O2S/c1-15-9-10(8-14)7-13(15)11-3-5-12(6-4-11)18(2,16)17/h3-6,10,13H,7-9,14H2,1-2H3. The molecule has 1 fully saturated rings. The highest BCUT2D eigenvalue weighted by molar-refractivity contribution is 7.90. The summed E-state index contributed by atoms with van der Waals surface area (Å²) in [6.45, 7) is 1.72. The normalized spacial score (nSPS) is 25.5. The molecule has 2 atom stereocenters. The van der Waals surface area contributed by atoms with Gasteiger partial charge >= 0.3 is 0 Å². The lowest BCUT2D eigenvalue weighted by atomic mass is 10.00. The average Bonchev–Trinajstić information content (AvgIpc) is 2.70. The summed E-state index contributed by atoms with van der Waals surface area (Å²) in [6.07, 6.45) is 2.28. The van der Waals surface area contributed by atoms with Gasteiger partial charge in [-0.2, -0.15) is 0 Å². The minimum atomic E-state index is -3.11. The molecule has 4 nitrogen and oxygen atoms in total. The minimum Gasteiger partial charge on any atom is -0.330 e. The maximum atomic E-state index is 11.4. The van der Waals surface area contributed by atoms with Gasteiger partial charge in [-0.05, 0) is 43.6 Å². The van der Waals surface area contributed by atoms with Gasteiger partial charge in [0.1, 0.15) is 0 Å². The zero-order chi connectivity index (χ0) is 13.3. The van der Waals surface area contributed by atoms with E-state index in [0.717, 1.165) is 13.0 Å². The molecule has 2 unspecified atom stereocenters. The fraction of sp³-hybridized carbons (Fsp3) is 0.538. The smallest absolute Gasteiger partial charge is 0.175 e. The molecule has 0 spiro atoms. The molecule has 2 N–H and O–H groups in total. The number of likely N-dealkylation sites (tertiary alicyclic amines) is 1. The molecule has 1 aliphatic heterocycles. The SMILES string of the molecule is CN1CC(CN)CC1c1ccc(S(C)(=O)=O)cc1. The first kappa shape index (κ1) is 13.5. The summed E-state index contributed by atoms with van der Waals surface area (Å²) in [4.78, 5) is 2.66. The number of rotatable bonds is 3. The molecule has 1 aromatic carbocycles. The Bertz CT molecular complexity index is 510. The number of hydrogen-bond acceptors (Lipinski definition) is 4. The Morgan fingerprint density at radius 2 is 1.94 bits per heavy atom. The number of sulfone groups is 1. The molecule has 1 heterocycles. The fourth-order valence-corrected chi connectivity index (χ4v) is 3.23. The molecule has 18 heavy (non-hydrogen) atoms. The van der Waals surface area contributed by atoms with Crippen LogP contribution >= 0.6 is 0 Å². The maximum Gasteiger partial charge on any atom is 0.175 e. The minimum absolute atomic E-state index is 0.354. The predicted octanol–water partition coefficient (Wildman–Crippen LogP) is 1.04. The van der Waals surface area contributed by atoms with E-state index in [2.05, 4.69) is 11.9 Å². The lowest BCUT2D eigenvalue weighted by Gasteiger charge is -2.19. The van der Waals surface area contributed by atoms with E-state index in [1.165, 1.54) is 11.8 Å². The van der Waals surface area contributed by atoms with E-state index in [0.29, 0.717) is 23.4 Å². The van der Waals surface area contributed by atoms with Crippen LogP contribution in [0.15, 0.2) is 29.2 Å². The molecule has 100 valence electrons. The quantitative estimate of drug-likeness (QED) is 0.889. The van der Waals surface area contributed by atoms with Crippen LogP contribution in [0.1, 0.15) is 18.0 Å². The van der Waals surface area contributed by atoms with Crippen molar-refractivity contribution in [2.24, 2.45) is 11.7 Å². The first-order valence-corrected chi connectivity index (χ1v) is 8.01. The summed E-state index contributed by atoms with van der Waals surface area (Å²) in [5, 5.41) is 0. The predicted molar refractivity (Wildman–Crippen MR) is 72.1 cm³/mol. The van der Waals surface area contributed by atoms with Crippen molar-refractivity contribution in [2.45, 2.75) is 17.4 Å². The van der Waals surface area contributed by atoms with Gasteiger partial charge in [0.05, 0.1) is 4.90 Å². The van der Waals surface area contributed by atoms with Crippen LogP contribution in [-0.2, 0) is 9.84 Å². The molecule has 0 bridgehead atoms. The van der Waals surface area contributed by atoms with Crippen LogP contribution in [0.4, 0.5) is 0 Å². The Balaban J connectivity index is 2.20. The lowest BCUT2D eigenvalue weighted by molar-refractivity contribution is 0.313. The number of nitrogens with two attached hydrogens (primary N) is 1. The van der Waals surface area contributed by atoms with Gasteiger partial charge in [0.15, 0.2) is 9.84 Å². The topological polar surface area (TPSA) is 63.4 Å². The highest BCUT2D eigenvalue weighted by atomic mass is 32.2. The largest absolute Gasteiger partial charge is 0.330 e. The summed E-state index contributed by atoms with van der Waals surface area (Å²) in [6, 6.07) is 7.56. The van der Waals surface area contributed by atoms with Crippen LogP contribution < -0.4 is 5.73 Å². The molecule has 0 aliphatic carbocycles. The second-order valence-corrected chi connectivity index (χ2v) is 7.15. The number of nitrogens with zero attached hydrogens (tertiary/aromatic N) is 1. The van der Waals surface area contributed by atoms with E-state index >= 15 is 0 Å². The molecular weight excluding hydrogens is 248 g/mol. The first-order chi connectivity index (χ1) is 8.41. The highest BCUT2D eigenvalue weighted by Gasteiger charge is 2.29. The van der Waals surface area contributed by atoms with Crippen molar-refractivity contribution < 1.29 is 8.42 Å². The van der Waals surface area contributed by atoms with Crippen LogP contribution in [0.5, 0.6) is 0 Å². The van der Waals surface area contributed by atoms with Crippen molar-refractivity contribution in [2.75, 3.05) is 26.4 Å². The van der Waals surface area contributed by atoms with Gasteiger partial charge in [-0.15, -0.1) is 0 Å². The maximum absolute atomic E-state index is 11.4. The van der Waals surface area contributed by atoms with Gasteiger partial charge in [-0.3, -0.25) is 4.90 Å². The van der Waals surface area contributed by atoms with E-state index in [4.69, 9.17) is 5.73 Å². The van der Waals surface area contributed by atoms with Crippen molar-refractivity contribution in [3.05, 3.63) is 29.8 Å². The summed E-state index contributed by atoms with van der Waals surface area (Å²) in [5.41, 5.74) is 6.88. The molecule has 0 radical (unpaired) electrons. The van der Waals surface area contributed by atoms with Gasteiger partial charge in [-0.1, -0.05) is 12.1 Å². The van der Waals surface area contributed by atoms with Crippen molar-refractivity contribution in [1.82, 2.24) is 4.90 Å². The first-order valence-electron chi connectivity index (χ1n) is 6.12. The Labute approximate surface area is 109 Å². The van der Waals surface area contributed by atoms with Crippen LogP contribution in [0.25, 0.3) is 0 Å². The van der Waals surface area contributed by atoms with E-state index in [9.17, 15) is 8.42 Å². The Morgan fingerprint density at radius 3 is 2.39 bits per heavy atom. The summed E-state index contributed by atoms with van der Waals surface area (Å²) in [7, 11) is -1.02. The number of hydrogen-bond donors (Lipinski definition) is 1. The van der Waals surface area contributed by atoms with E-state index < -0.39 is 9.84 Å². The van der Waals surface area contributed by atoms with Gasteiger partial charge in [0.2, 0.25) is 0 Å². The van der Waals surface area contributed by atoms with Crippen molar-refractivity contribution in [3.63, 3.8) is 0 Å². The van der Waals surface area contributed by atoms with Crippen LogP contribution in [0.2, 0.25) is 0 Å². The van der Waals surface area contributed by atoms with E-state index in [1.807, 2.05) is 12.1 Å². The Morgan fingerprint density at radius 1 is 1.33 bits per heavy atom. The second kappa shape index (κ2) is 4.99. The highest BCUT2D eigenvalue weighted by Crippen LogP contribution is 2.33. The zero-order valence-corrected chi connectivity index (χ0v) is 11.7. The third-order valence-corrected chi connectivity index (χ3v) is 4.79. The third-order valence-electron chi connectivity index (χ3n) is 3.66. The van der Waals surface area contributed by atoms with Gasteiger partial charge in [-0.25, -0.2) is 8.42 Å². The molecule has 1 aromatic rings. The van der Waals surface area contributed by atoms with Crippen LogP contribution in [-0.4, -0.2) is 39.7 Å². The second-order valence-electron chi connectivity index (χ2n) is 5.13. The molecule has 0 amide bonds. The van der Waals surface area contributed by atoms with Crippen LogP contribution in [0.3, 0.4) is 0 Å². The number of benzene rings is 1. The van der Waals surface area contributed by atoms with Gasteiger partial charge < -0.3 is 5.73 Å².